The number of nitrogens with one attached hydrogen (secondary N) is 2. The Bertz CT molecular complexity index is 812. The summed E-state index contributed by atoms with van der Waals surface area (Å²) in [4.78, 5) is 12.5. The zero-order valence-electron chi connectivity index (χ0n) is 14.8. The van der Waals surface area contributed by atoms with Gasteiger partial charge >= 0.3 is 0 Å². The highest BCUT2D eigenvalue weighted by Crippen LogP contribution is 2.34. The van der Waals surface area contributed by atoms with E-state index in [0.717, 1.165) is 15.8 Å². The average molecular weight is 421 g/mol. The molecule has 3 rings (SSSR count). The number of methoxy groups -OCH3 is 1. The average Bonchev–Trinajstić information content (AvgIpc) is 3.09. The molecule has 2 unspecified atom stereocenters. The minimum Gasteiger partial charge on any atom is -0.496 e. The lowest BCUT2D eigenvalue weighted by Crippen LogP contribution is -2.39. The summed E-state index contributed by atoms with van der Waals surface area (Å²) in [5.74, 6) is 1.98. The summed E-state index contributed by atoms with van der Waals surface area (Å²) >= 11 is 3.49. The van der Waals surface area contributed by atoms with E-state index < -0.39 is 0 Å². The van der Waals surface area contributed by atoms with Crippen LogP contribution in [0.2, 0.25) is 0 Å². The van der Waals surface area contributed by atoms with E-state index in [4.69, 9.17) is 14.2 Å². The standard InChI is InChI=1S/C19H21BrN2O4/c1-11(13-4-6-16(24-3)15(20)8-13)21-12(2)19(23)22-14-5-7-17-18(9-14)26-10-25-17/h4-9,11-12,21H,10H2,1-3H3,(H,22,23). The Morgan fingerprint density at radius 3 is 2.65 bits per heavy atom. The van der Waals surface area contributed by atoms with Gasteiger partial charge in [-0.05, 0) is 59.6 Å². The van der Waals surface area contributed by atoms with E-state index in [1.54, 1.807) is 25.3 Å². The predicted octanol–water partition coefficient (Wildman–Crippen LogP) is 3.86. The van der Waals surface area contributed by atoms with Crippen LogP contribution in [0.15, 0.2) is 40.9 Å². The van der Waals surface area contributed by atoms with Crippen LogP contribution in [-0.4, -0.2) is 25.9 Å². The van der Waals surface area contributed by atoms with E-state index in [9.17, 15) is 4.79 Å². The minimum atomic E-state index is -0.378. The van der Waals surface area contributed by atoms with Crippen molar-refractivity contribution in [3.63, 3.8) is 0 Å². The molecule has 2 aromatic carbocycles. The molecule has 0 saturated heterocycles. The van der Waals surface area contributed by atoms with Crippen molar-refractivity contribution in [1.29, 1.82) is 0 Å². The molecule has 0 bridgehead atoms. The first-order valence-corrected chi connectivity index (χ1v) is 9.07. The Labute approximate surface area is 161 Å². The van der Waals surface area contributed by atoms with Crippen molar-refractivity contribution in [1.82, 2.24) is 5.32 Å². The summed E-state index contributed by atoms with van der Waals surface area (Å²) in [5.41, 5.74) is 1.73. The monoisotopic (exact) mass is 420 g/mol. The van der Waals surface area contributed by atoms with Crippen LogP contribution in [0, 0.1) is 0 Å². The van der Waals surface area contributed by atoms with E-state index in [1.807, 2.05) is 32.0 Å². The molecule has 0 aromatic heterocycles. The first kappa shape index (κ1) is 18.5. The Hall–Kier alpha value is -2.25. The fourth-order valence-electron chi connectivity index (χ4n) is 2.72. The number of fused-ring (bicyclic) bond motifs is 1. The van der Waals surface area contributed by atoms with E-state index in [-0.39, 0.29) is 24.8 Å². The second-order valence-corrected chi connectivity index (χ2v) is 6.92. The third-order valence-electron chi connectivity index (χ3n) is 4.21. The molecule has 0 saturated carbocycles. The number of carbonyl (C=O) groups is 1. The third-order valence-corrected chi connectivity index (χ3v) is 4.83. The number of rotatable bonds is 6. The van der Waals surface area contributed by atoms with Crippen LogP contribution in [0.4, 0.5) is 5.69 Å². The molecule has 138 valence electrons. The summed E-state index contributed by atoms with van der Waals surface area (Å²) in [6.45, 7) is 4.05. The van der Waals surface area contributed by atoms with Gasteiger partial charge in [-0.1, -0.05) is 6.07 Å². The number of ether oxygens (including phenoxy) is 3. The lowest BCUT2D eigenvalue weighted by Gasteiger charge is -2.20. The molecule has 7 heteroatoms. The molecule has 2 atom stereocenters. The largest absolute Gasteiger partial charge is 0.496 e. The second kappa shape index (κ2) is 7.97. The Morgan fingerprint density at radius 2 is 1.92 bits per heavy atom. The molecule has 0 fully saturated rings. The van der Waals surface area contributed by atoms with Crippen LogP contribution in [0.1, 0.15) is 25.5 Å². The number of hydrogen-bond donors (Lipinski definition) is 2. The van der Waals surface area contributed by atoms with Crippen molar-refractivity contribution in [2.75, 3.05) is 19.2 Å². The van der Waals surface area contributed by atoms with Crippen LogP contribution < -0.4 is 24.8 Å². The highest BCUT2D eigenvalue weighted by atomic mass is 79.9. The molecule has 1 aliphatic rings. The molecule has 1 heterocycles. The van der Waals surface area contributed by atoms with Crippen LogP contribution in [0.5, 0.6) is 17.2 Å². The van der Waals surface area contributed by atoms with Crippen molar-refractivity contribution in [2.45, 2.75) is 25.9 Å². The summed E-state index contributed by atoms with van der Waals surface area (Å²) in [6.07, 6.45) is 0. The van der Waals surface area contributed by atoms with Gasteiger partial charge in [0, 0.05) is 17.8 Å². The topological polar surface area (TPSA) is 68.8 Å². The smallest absolute Gasteiger partial charge is 0.241 e. The quantitative estimate of drug-likeness (QED) is 0.742. The molecular formula is C19H21BrN2O4. The first-order chi connectivity index (χ1) is 12.5. The molecule has 2 aromatic rings. The lowest BCUT2D eigenvalue weighted by atomic mass is 10.1. The molecule has 0 aliphatic carbocycles. The van der Waals surface area contributed by atoms with Crippen LogP contribution in [-0.2, 0) is 4.79 Å². The van der Waals surface area contributed by atoms with Crippen molar-refractivity contribution < 1.29 is 19.0 Å². The van der Waals surface area contributed by atoms with Gasteiger partial charge in [0.25, 0.3) is 0 Å². The molecule has 1 aliphatic heterocycles. The molecule has 0 spiro atoms. The highest BCUT2D eigenvalue weighted by molar-refractivity contribution is 9.10. The van der Waals surface area contributed by atoms with E-state index in [0.29, 0.717) is 17.2 Å². The van der Waals surface area contributed by atoms with Gasteiger partial charge in [-0.25, -0.2) is 0 Å². The zero-order valence-corrected chi connectivity index (χ0v) is 16.4. The third kappa shape index (κ3) is 4.11. The molecule has 1 amide bonds. The number of amides is 1. The number of anilines is 1. The van der Waals surface area contributed by atoms with Gasteiger partial charge < -0.3 is 19.5 Å². The fraction of sp³-hybridized carbons (Fsp3) is 0.316. The van der Waals surface area contributed by atoms with Gasteiger partial charge in [-0.2, -0.15) is 0 Å². The first-order valence-electron chi connectivity index (χ1n) is 8.28. The van der Waals surface area contributed by atoms with Crippen molar-refractivity contribution in [2.24, 2.45) is 0 Å². The van der Waals surface area contributed by atoms with Gasteiger partial charge in [-0.15, -0.1) is 0 Å². The van der Waals surface area contributed by atoms with Crippen LogP contribution in [0.3, 0.4) is 0 Å². The fourth-order valence-corrected chi connectivity index (χ4v) is 3.28. The second-order valence-electron chi connectivity index (χ2n) is 6.06. The highest BCUT2D eigenvalue weighted by Gasteiger charge is 2.19. The molecular weight excluding hydrogens is 400 g/mol. The molecule has 6 nitrogen and oxygen atoms in total. The van der Waals surface area contributed by atoms with Crippen molar-refractivity contribution in [3.05, 3.63) is 46.4 Å². The van der Waals surface area contributed by atoms with Crippen LogP contribution >= 0.6 is 15.9 Å². The van der Waals surface area contributed by atoms with Gasteiger partial charge in [-0.3, -0.25) is 10.1 Å². The maximum absolute atomic E-state index is 12.5. The Kier molecular flexibility index (Phi) is 5.68. The molecule has 0 radical (unpaired) electrons. The van der Waals surface area contributed by atoms with Gasteiger partial charge in [0.2, 0.25) is 12.7 Å². The predicted molar refractivity (Wildman–Crippen MR) is 103 cm³/mol. The van der Waals surface area contributed by atoms with E-state index >= 15 is 0 Å². The van der Waals surface area contributed by atoms with E-state index in [1.165, 1.54) is 0 Å². The van der Waals surface area contributed by atoms with Gasteiger partial charge in [0.15, 0.2) is 11.5 Å². The summed E-state index contributed by atoms with van der Waals surface area (Å²) < 4.78 is 16.7. The number of halogens is 1. The van der Waals surface area contributed by atoms with Crippen LogP contribution in [0.25, 0.3) is 0 Å². The summed E-state index contributed by atoms with van der Waals surface area (Å²) in [6, 6.07) is 10.8. The maximum Gasteiger partial charge on any atom is 0.241 e. The number of carbonyl (C=O) groups excluding carboxylic acids is 1. The lowest BCUT2D eigenvalue weighted by molar-refractivity contribution is -0.117. The van der Waals surface area contributed by atoms with Crippen molar-refractivity contribution in [3.8, 4) is 17.2 Å². The SMILES string of the molecule is COc1ccc(C(C)NC(C)C(=O)Nc2ccc3c(c2)OCO3)cc1Br. The van der Waals surface area contributed by atoms with Gasteiger partial charge in [0.05, 0.1) is 17.6 Å². The van der Waals surface area contributed by atoms with E-state index in [2.05, 4.69) is 26.6 Å². The summed E-state index contributed by atoms with van der Waals surface area (Å²) in [7, 11) is 1.63. The summed E-state index contributed by atoms with van der Waals surface area (Å²) in [5, 5.41) is 6.20. The number of benzene rings is 2. The minimum absolute atomic E-state index is 0.00490. The normalized spacial score (nSPS) is 14.6. The molecule has 2 N–H and O–H groups in total. The van der Waals surface area contributed by atoms with Gasteiger partial charge in [0.1, 0.15) is 5.75 Å². The maximum atomic E-state index is 12.5. The molecule has 26 heavy (non-hydrogen) atoms. The Balaban J connectivity index is 1.60. The number of hydrogen-bond acceptors (Lipinski definition) is 5. The zero-order chi connectivity index (χ0) is 18.7. The van der Waals surface area contributed by atoms with Crippen molar-refractivity contribution >= 4 is 27.5 Å². The Morgan fingerprint density at radius 1 is 1.15 bits per heavy atom.